The fourth-order valence-electron chi connectivity index (χ4n) is 2.94. The molecule has 1 amide bonds. The molecule has 0 bridgehead atoms. The first-order valence-corrected chi connectivity index (χ1v) is 9.63. The fraction of sp³-hybridized carbons (Fsp3) is 0.217. The molecule has 4 nitrogen and oxygen atoms in total. The maximum atomic E-state index is 13.1. The van der Waals surface area contributed by atoms with Gasteiger partial charge in [-0.3, -0.25) is 9.78 Å². The lowest BCUT2D eigenvalue weighted by Crippen LogP contribution is -2.41. The Morgan fingerprint density at radius 1 is 1.04 bits per heavy atom. The van der Waals surface area contributed by atoms with Crippen molar-refractivity contribution in [1.29, 1.82) is 0 Å². The second-order valence-corrected chi connectivity index (χ2v) is 7.00. The van der Waals surface area contributed by atoms with Crippen molar-refractivity contribution >= 4 is 17.5 Å². The molecule has 0 aliphatic carbocycles. The number of hydrogen-bond acceptors (Lipinski definition) is 3. The molecule has 0 saturated heterocycles. The van der Waals surface area contributed by atoms with Crippen molar-refractivity contribution < 1.29 is 9.53 Å². The second kappa shape index (κ2) is 9.90. The van der Waals surface area contributed by atoms with E-state index in [0.717, 1.165) is 12.0 Å². The van der Waals surface area contributed by atoms with Gasteiger partial charge in [-0.2, -0.15) is 0 Å². The van der Waals surface area contributed by atoms with Gasteiger partial charge in [0.25, 0.3) is 5.91 Å². The molecular formula is C23H23ClN2O2. The van der Waals surface area contributed by atoms with E-state index in [9.17, 15) is 4.79 Å². The zero-order valence-corrected chi connectivity index (χ0v) is 16.5. The first-order chi connectivity index (χ1) is 13.6. The number of hydrogen-bond donors (Lipinski definition) is 0. The summed E-state index contributed by atoms with van der Waals surface area (Å²) in [4.78, 5) is 19.0. The average Bonchev–Trinajstić information content (AvgIpc) is 2.72. The molecular weight excluding hydrogens is 372 g/mol. The molecule has 2 aromatic carbocycles. The highest BCUT2D eigenvalue weighted by Gasteiger charge is 2.22. The molecule has 1 atom stereocenters. The monoisotopic (exact) mass is 394 g/mol. The molecule has 0 N–H and O–H groups in total. The van der Waals surface area contributed by atoms with Crippen LogP contribution in [-0.4, -0.2) is 28.4 Å². The molecule has 1 aromatic heterocycles. The van der Waals surface area contributed by atoms with Gasteiger partial charge in [0.15, 0.2) is 6.10 Å². The minimum atomic E-state index is -0.615. The van der Waals surface area contributed by atoms with E-state index in [2.05, 4.69) is 17.1 Å². The Bertz CT molecular complexity index is 887. The maximum Gasteiger partial charge on any atom is 0.263 e. The Hall–Kier alpha value is -2.85. The number of carbonyl (C=O) groups is 1. The topological polar surface area (TPSA) is 42.4 Å². The molecule has 0 aliphatic rings. The summed E-state index contributed by atoms with van der Waals surface area (Å²) in [7, 11) is 0. The van der Waals surface area contributed by atoms with Crippen LogP contribution in [0.3, 0.4) is 0 Å². The van der Waals surface area contributed by atoms with Crippen molar-refractivity contribution in [3.63, 3.8) is 0 Å². The number of halogens is 1. The first kappa shape index (κ1) is 19.9. The van der Waals surface area contributed by atoms with Crippen LogP contribution in [0.1, 0.15) is 18.1 Å². The van der Waals surface area contributed by atoms with Gasteiger partial charge in [-0.1, -0.05) is 48.0 Å². The minimum Gasteiger partial charge on any atom is -0.481 e. The minimum absolute atomic E-state index is 0.0623. The van der Waals surface area contributed by atoms with Gasteiger partial charge >= 0.3 is 0 Å². The molecule has 1 heterocycles. The Morgan fingerprint density at radius 2 is 1.79 bits per heavy atom. The number of ether oxygens (including phenoxy) is 1. The largest absolute Gasteiger partial charge is 0.481 e. The number of amides is 1. The van der Waals surface area contributed by atoms with Gasteiger partial charge in [-0.25, -0.2) is 0 Å². The lowest BCUT2D eigenvalue weighted by atomic mass is 10.1. The Kier molecular flexibility index (Phi) is 7.04. The van der Waals surface area contributed by atoms with Crippen molar-refractivity contribution in [2.75, 3.05) is 6.54 Å². The third-order valence-electron chi connectivity index (χ3n) is 4.40. The van der Waals surface area contributed by atoms with Gasteiger partial charge in [0, 0.05) is 30.5 Å². The summed E-state index contributed by atoms with van der Waals surface area (Å²) in [5.74, 6) is 0.521. The Labute approximate surface area is 170 Å². The summed E-state index contributed by atoms with van der Waals surface area (Å²) < 4.78 is 5.84. The Balaban J connectivity index is 1.71. The van der Waals surface area contributed by atoms with Gasteiger partial charge in [-0.05, 0) is 54.8 Å². The molecule has 3 aromatic rings. The van der Waals surface area contributed by atoms with Gasteiger partial charge < -0.3 is 9.64 Å². The smallest absolute Gasteiger partial charge is 0.263 e. The number of nitrogens with zero attached hydrogens (tertiary/aromatic N) is 2. The van der Waals surface area contributed by atoms with Crippen molar-refractivity contribution in [1.82, 2.24) is 9.88 Å². The third kappa shape index (κ3) is 5.83. The zero-order valence-electron chi connectivity index (χ0n) is 15.8. The number of carbonyl (C=O) groups excluding carboxylic acids is 1. The highest BCUT2D eigenvalue weighted by atomic mass is 35.5. The third-order valence-corrected chi connectivity index (χ3v) is 4.64. The van der Waals surface area contributed by atoms with E-state index in [-0.39, 0.29) is 5.91 Å². The average molecular weight is 395 g/mol. The Morgan fingerprint density at radius 3 is 2.50 bits per heavy atom. The lowest BCUT2D eigenvalue weighted by molar-refractivity contribution is -0.138. The van der Waals surface area contributed by atoms with E-state index in [0.29, 0.717) is 23.9 Å². The molecule has 0 radical (unpaired) electrons. The summed E-state index contributed by atoms with van der Waals surface area (Å²) in [6.07, 6.45) is 3.64. The number of aromatic nitrogens is 1. The van der Waals surface area contributed by atoms with Crippen molar-refractivity contribution in [3.05, 3.63) is 95.3 Å². The van der Waals surface area contributed by atoms with Gasteiger partial charge in [0.2, 0.25) is 0 Å². The van der Waals surface area contributed by atoms with Crippen molar-refractivity contribution in [2.24, 2.45) is 0 Å². The molecule has 0 spiro atoms. The van der Waals surface area contributed by atoms with Crippen LogP contribution in [0.4, 0.5) is 0 Å². The highest BCUT2D eigenvalue weighted by molar-refractivity contribution is 6.30. The van der Waals surface area contributed by atoms with Crippen LogP contribution in [0.25, 0.3) is 0 Å². The summed E-state index contributed by atoms with van der Waals surface area (Å²) in [6.45, 7) is 2.89. The molecule has 5 heteroatoms. The lowest BCUT2D eigenvalue weighted by Gasteiger charge is -2.26. The molecule has 3 rings (SSSR count). The van der Waals surface area contributed by atoms with Crippen LogP contribution in [0.5, 0.6) is 5.75 Å². The molecule has 0 saturated carbocycles. The van der Waals surface area contributed by atoms with Crippen LogP contribution in [0.15, 0.2) is 79.1 Å². The summed E-state index contributed by atoms with van der Waals surface area (Å²) >= 11 is 6.01. The fourth-order valence-corrected chi connectivity index (χ4v) is 3.12. The predicted molar refractivity (Wildman–Crippen MR) is 111 cm³/mol. The summed E-state index contributed by atoms with van der Waals surface area (Å²) in [5.41, 5.74) is 2.23. The van der Waals surface area contributed by atoms with E-state index in [4.69, 9.17) is 16.3 Å². The molecule has 0 fully saturated rings. The normalized spacial score (nSPS) is 11.6. The highest BCUT2D eigenvalue weighted by Crippen LogP contribution is 2.19. The number of pyridine rings is 1. The van der Waals surface area contributed by atoms with Crippen molar-refractivity contribution in [2.45, 2.75) is 26.0 Å². The predicted octanol–water partition coefficient (Wildman–Crippen LogP) is 4.77. The van der Waals surface area contributed by atoms with E-state index in [1.165, 1.54) is 5.56 Å². The van der Waals surface area contributed by atoms with Crippen LogP contribution < -0.4 is 4.74 Å². The molecule has 0 unspecified atom stereocenters. The summed E-state index contributed by atoms with van der Waals surface area (Å²) in [5, 5.41) is 0.579. The number of benzene rings is 2. The van der Waals surface area contributed by atoms with Crippen LogP contribution >= 0.6 is 11.6 Å². The van der Waals surface area contributed by atoms with Crippen molar-refractivity contribution in [3.8, 4) is 5.75 Å². The standard InChI is InChI=1S/C23H23ClN2O2/c1-18(28-22-9-5-8-21(24)16-22)23(27)26(17-20-10-13-25-14-11-20)15-12-19-6-3-2-4-7-19/h2-11,13-14,16,18H,12,15,17H2,1H3/t18-/m0/s1. The van der Waals surface area contributed by atoms with Gasteiger partial charge in [0.1, 0.15) is 5.75 Å². The van der Waals surface area contributed by atoms with Crippen LogP contribution in [0.2, 0.25) is 5.02 Å². The van der Waals surface area contributed by atoms with Crippen LogP contribution in [0, 0.1) is 0 Å². The molecule has 28 heavy (non-hydrogen) atoms. The molecule has 144 valence electrons. The SMILES string of the molecule is C[C@H](Oc1cccc(Cl)c1)C(=O)N(CCc1ccccc1)Cc1ccncc1. The first-order valence-electron chi connectivity index (χ1n) is 9.25. The van der Waals surface area contributed by atoms with E-state index in [1.54, 1.807) is 43.6 Å². The summed E-state index contributed by atoms with van der Waals surface area (Å²) in [6, 6.07) is 21.1. The van der Waals surface area contributed by atoms with E-state index in [1.807, 2.05) is 35.2 Å². The van der Waals surface area contributed by atoms with Crippen LogP contribution in [-0.2, 0) is 17.8 Å². The van der Waals surface area contributed by atoms with Gasteiger partial charge in [0.05, 0.1) is 0 Å². The quantitative estimate of drug-likeness (QED) is 0.552. The second-order valence-electron chi connectivity index (χ2n) is 6.57. The number of rotatable bonds is 8. The zero-order chi connectivity index (χ0) is 19.8. The molecule has 0 aliphatic heterocycles. The van der Waals surface area contributed by atoms with E-state index >= 15 is 0 Å². The van der Waals surface area contributed by atoms with Gasteiger partial charge in [-0.15, -0.1) is 0 Å². The maximum absolute atomic E-state index is 13.1. The van der Waals surface area contributed by atoms with E-state index < -0.39 is 6.10 Å².